The van der Waals surface area contributed by atoms with Crippen molar-refractivity contribution in [3.05, 3.63) is 144 Å². The summed E-state index contributed by atoms with van der Waals surface area (Å²) >= 11 is -0.0326. The number of para-hydroxylation sites is 3. The monoisotopic (exact) mass is 980 g/mol. The maximum Gasteiger partial charge on any atom is 0.0774 e. The summed E-state index contributed by atoms with van der Waals surface area (Å²) < 4.78 is 6.49. The van der Waals surface area contributed by atoms with Gasteiger partial charge in [-0.3, -0.25) is 4.98 Å². The molecule has 283 valence electrons. The standard InChI is InChI=1S/C31H27N2S.C18H24GeN.Ir/c1-19(2)22-11-9-12-23(20(3)4)30(22)33-27-14-7-6-13-26(27)32-31(33)21-16-17-29-25(18-21)24-10-5-8-15-28(24)34-29;1-14(2)11-16-12-18(15-9-7-6-8-10-15)20-13-17(16)19(3,4)5;/h5-15,17-20H,1-4H3;6-9,12-14H,11H2,1-5H3;/q2*-1;. The van der Waals surface area contributed by atoms with Crippen LogP contribution in [0.25, 0.3) is 59.5 Å². The van der Waals surface area contributed by atoms with Crippen LogP contribution in [0.1, 0.15) is 70.1 Å². The van der Waals surface area contributed by atoms with Gasteiger partial charge in [0.15, 0.2) is 0 Å². The first-order valence-electron chi connectivity index (χ1n) is 19.3. The molecule has 0 saturated heterocycles. The summed E-state index contributed by atoms with van der Waals surface area (Å²) in [6, 6.07) is 45.5. The van der Waals surface area contributed by atoms with Crippen LogP contribution in [0, 0.1) is 18.1 Å². The number of pyridine rings is 1. The third kappa shape index (κ3) is 8.61. The number of thiophene rings is 1. The molecule has 0 fully saturated rings. The Bertz CT molecular complexity index is 2530. The van der Waals surface area contributed by atoms with Crippen molar-refractivity contribution in [2.45, 2.75) is 77.1 Å². The Kier molecular flexibility index (Phi) is 12.7. The smallest absolute Gasteiger partial charge is 0.0774 e. The van der Waals surface area contributed by atoms with Crippen LogP contribution < -0.4 is 4.40 Å². The number of nitrogens with zero attached hydrogens (tertiary/aromatic N) is 3. The first kappa shape index (κ1) is 40.8. The van der Waals surface area contributed by atoms with Crippen LogP contribution in [-0.2, 0) is 26.5 Å². The van der Waals surface area contributed by atoms with Gasteiger partial charge in [0.2, 0.25) is 0 Å². The van der Waals surface area contributed by atoms with Crippen LogP contribution in [0.4, 0.5) is 0 Å². The van der Waals surface area contributed by atoms with E-state index in [-0.39, 0.29) is 20.1 Å². The zero-order valence-electron chi connectivity index (χ0n) is 33.5. The molecule has 55 heavy (non-hydrogen) atoms. The number of rotatable bonds is 8. The molecule has 3 aromatic heterocycles. The summed E-state index contributed by atoms with van der Waals surface area (Å²) in [7, 11) is 0. The van der Waals surface area contributed by atoms with Gasteiger partial charge in [0.1, 0.15) is 0 Å². The van der Waals surface area contributed by atoms with Crippen LogP contribution >= 0.6 is 11.3 Å². The van der Waals surface area contributed by atoms with E-state index in [9.17, 15) is 0 Å². The van der Waals surface area contributed by atoms with Crippen molar-refractivity contribution in [3.8, 4) is 28.3 Å². The van der Waals surface area contributed by atoms with E-state index in [1.54, 1.807) is 4.40 Å². The molecular weight excluding hydrogens is 927 g/mol. The summed E-state index contributed by atoms with van der Waals surface area (Å²) in [6.45, 7) is 13.7. The molecule has 0 unspecified atom stereocenters. The number of hydrogen-bond donors (Lipinski definition) is 0. The maximum atomic E-state index is 5.17. The number of hydrogen-bond acceptors (Lipinski definition) is 3. The Morgan fingerprint density at radius 3 is 2.07 bits per heavy atom. The quantitative estimate of drug-likeness (QED) is 0.112. The number of benzene rings is 5. The topological polar surface area (TPSA) is 30.7 Å². The van der Waals surface area contributed by atoms with Gasteiger partial charge in [-0.2, -0.15) is 11.3 Å². The van der Waals surface area contributed by atoms with Crippen molar-refractivity contribution in [2.75, 3.05) is 0 Å². The SMILES string of the molecule is CC(C)Cc1cc(-c2[c-]cccc2)nc[c]1[Ge]([CH3])([CH3])[CH3].CC(C)c1cccc(C(C)C)c1-n1c(-c2[c-]cc3sc4ccccc4c3c2)nc2ccccc21.[Ir]. The summed E-state index contributed by atoms with van der Waals surface area (Å²) in [5.74, 6) is 9.74. The molecule has 8 rings (SSSR count). The maximum absolute atomic E-state index is 5.17. The Balaban J connectivity index is 0.000000211. The minimum atomic E-state index is -1.86. The summed E-state index contributed by atoms with van der Waals surface area (Å²) in [4.78, 5) is 9.87. The van der Waals surface area contributed by atoms with Gasteiger partial charge < -0.3 is 4.57 Å². The van der Waals surface area contributed by atoms with Crippen molar-refractivity contribution in [1.29, 1.82) is 0 Å². The fraction of sp³-hybridized carbons (Fsp3) is 0.265. The van der Waals surface area contributed by atoms with E-state index in [1.165, 1.54) is 42.6 Å². The molecule has 0 aliphatic rings. The predicted octanol–water partition coefficient (Wildman–Crippen LogP) is 13.4. The molecule has 3 nitrogen and oxygen atoms in total. The van der Waals surface area contributed by atoms with Crippen LogP contribution in [-0.4, -0.2) is 27.8 Å². The second kappa shape index (κ2) is 17.1. The van der Waals surface area contributed by atoms with Crippen LogP contribution in [0.5, 0.6) is 0 Å². The third-order valence-corrected chi connectivity index (χ3v) is 15.6. The fourth-order valence-electron chi connectivity index (χ4n) is 7.48. The summed E-state index contributed by atoms with van der Waals surface area (Å²) in [6.07, 6.45) is 3.27. The molecule has 3 heterocycles. The third-order valence-electron chi connectivity index (χ3n) is 10.1. The van der Waals surface area contributed by atoms with E-state index in [0.29, 0.717) is 17.8 Å². The second-order valence-corrected chi connectivity index (χ2v) is 28.1. The molecule has 5 aromatic carbocycles. The molecule has 0 saturated carbocycles. The van der Waals surface area contributed by atoms with E-state index < -0.39 is 13.3 Å². The van der Waals surface area contributed by atoms with Gasteiger partial charge >= 0.3 is 126 Å². The normalized spacial score (nSPS) is 11.8. The van der Waals surface area contributed by atoms with Crippen molar-refractivity contribution >= 4 is 60.2 Å². The zero-order valence-corrected chi connectivity index (χ0v) is 38.8. The average Bonchev–Trinajstić information content (AvgIpc) is 3.72. The fourth-order valence-corrected chi connectivity index (χ4v) is 11.9. The molecule has 0 aliphatic carbocycles. The van der Waals surface area contributed by atoms with E-state index in [0.717, 1.165) is 40.1 Å². The Morgan fingerprint density at radius 1 is 0.709 bits per heavy atom. The molecule has 0 atom stereocenters. The van der Waals surface area contributed by atoms with Gasteiger partial charge in [-0.1, -0.05) is 81.6 Å². The van der Waals surface area contributed by atoms with Crippen molar-refractivity contribution in [1.82, 2.24) is 14.5 Å². The minimum absolute atomic E-state index is 0. The van der Waals surface area contributed by atoms with Crippen molar-refractivity contribution in [2.24, 2.45) is 5.92 Å². The van der Waals surface area contributed by atoms with E-state index >= 15 is 0 Å². The molecule has 0 aliphatic heterocycles. The first-order chi connectivity index (χ1) is 25.9. The molecule has 6 heteroatoms. The summed E-state index contributed by atoms with van der Waals surface area (Å²) in [5, 5.41) is 2.57. The molecule has 8 aromatic rings. The number of fused-ring (bicyclic) bond motifs is 4. The van der Waals surface area contributed by atoms with Crippen LogP contribution in [0.2, 0.25) is 17.3 Å². The van der Waals surface area contributed by atoms with Gasteiger partial charge in [0.05, 0.1) is 16.9 Å². The minimum Gasteiger partial charge on any atom is -0.333 e. The largest absolute Gasteiger partial charge is 0.333 e. The predicted molar refractivity (Wildman–Crippen MR) is 236 cm³/mol. The van der Waals surface area contributed by atoms with E-state index in [1.807, 2.05) is 29.5 Å². The number of aromatic nitrogens is 3. The van der Waals surface area contributed by atoms with E-state index in [4.69, 9.17) is 9.97 Å². The Labute approximate surface area is 348 Å². The van der Waals surface area contributed by atoms with Crippen LogP contribution in [0.15, 0.2) is 115 Å². The molecule has 0 amide bonds. The van der Waals surface area contributed by atoms with Gasteiger partial charge in [-0.25, -0.2) is 0 Å². The zero-order chi connectivity index (χ0) is 38.1. The van der Waals surface area contributed by atoms with Gasteiger partial charge in [0.25, 0.3) is 0 Å². The first-order valence-corrected chi connectivity index (χ1v) is 27.5. The Hall–Kier alpha value is -3.87. The van der Waals surface area contributed by atoms with E-state index in [2.05, 4.69) is 173 Å². The summed E-state index contributed by atoms with van der Waals surface area (Å²) in [5.41, 5.74) is 10.8. The molecule has 1 radical (unpaired) electrons. The average molecular weight is 979 g/mol. The Morgan fingerprint density at radius 2 is 1.40 bits per heavy atom. The van der Waals surface area contributed by atoms with Crippen LogP contribution in [0.3, 0.4) is 0 Å². The molecule has 0 bridgehead atoms. The van der Waals surface area contributed by atoms with Gasteiger partial charge in [-0.15, -0.1) is 23.8 Å². The number of imidazole rings is 1. The van der Waals surface area contributed by atoms with Crippen molar-refractivity contribution < 1.29 is 20.1 Å². The van der Waals surface area contributed by atoms with Crippen molar-refractivity contribution in [3.63, 3.8) is 0 Å². The van der Waals surface area contributed by atoms with Gasteiger partial charge in [0, 0.05) is 30.5 Å². The molecule has 0 spiro atoms. The molecule has 0 N–H and O–H groups in total. The molecular formula is C49H51GeIrN3S-2. The van der Waals surface area contributed by atoms with Gasteiger partial charge in [-0.05, 0) is 51.2 Å². The second-order valence-electron chi connectivity index (χ2n) is 16.4.